The molecule has 0 spiro atoms. The predicted octanol–water partition coefficient (Wildman–Crippen LogP) is 4.12. The minimum absolute atomic E-state index is 0.0258. The van der Waals surface area contributed by atoms with Crippen molar-refractivity contribution in [2.45, 2.75) is 13.5 Å². The van der Waals surface area contributed by atoms with E-state index in [4.69, 9.17) is 4.74 Å². The molecule has 0 bridgehead atoms. The first-order valence-electron chi connectivity index (χ1n) is 9.10. The van der Waals surface area contributed by atoms with E-state index in [9.17, 15) is 9.59 Å². The molecule has 3 rings (SSSR count). The molecule has 28 heavy (non-hydrogen) atoms. The zero-order chi connectivity index (χ0) is 20.1. The molecular formula is C23H24N2O3. The van der Waals surface area contributed by atoms with E-state index in [-0.39, 0.29) is 18.2 Å². The Hall–Kier alpha value is -3.18. The van der Waals surface area contributed by atoms with Crippen molar-refractivity contribution in [3.8, 4) is 5.75 Å². The Labute approximate surface area is 164 Å². The van der Waals surface area contributed by atoms with Gasteiger partial charge in [-0.2, -0.15) is 0 Å². The van der Waals surface area contributed by atoms with Crippen LogP contribution in [0.15, 0.2) is 60.7 Å². The minimum Gasteiger partial charge on any atom is -0.497 e. The van der Waals surface area contributed by atoms with Crippen molar-refractivity contribution in [1.29, 1.82) is 0 Å². The van der Waals surface area contributed by atoms with Crippen molar-refractivity contribution in [1.82, 2.24) is 4.90 Å². The molecule has 3 aromatic rings. The highest BCUT2D eigenvalue weighted by Gasteiger charge is 2.09. The fraction of sp³-hybridized carbons (Fsp3) is 0.217. The molecule has 0 aliphatic heterocycles. The van der Waals surface area contributed by atoms with Gasteiger partial charge >= 0.3 is 0 Å². The van der Waals surface area contributed by atoms with Crippen LogP contribution in [0.25, 0.3) is 10.8 Å². The van der Waals surface area contributed by atoms with Gasteiger partial charge in [0.2, 0.25) is 5.91 Å². The molecule has 0 unspecified atom stereocenters. The molecule has 0 atom stereocenters. The summed E-state index contributed by atoms with van der Waals surface area (Å²) < 4.78 is 5.26. The molecule has 5 heteroatoms. The first kappa shape index (κ1) is 19.6. The maximum atomic E-state index is 12.3. The number of nitrogens with one attached hydrogen (secondary N) is 1. The average Bonchev–Trinajstić information content (AvgIpc) is 2.67. The summed E-state index contributed by atoms with van der Waals surface area (Å²) in [6.45, 7) is 2.42. The van der Waals surface area contributed by atoms with Crippen molar-refractivity contribution in [3.63, 3.8) is 0 Å². The van der Waals surface area contributed by atoms with E-state index in [1.54, 1.807) is 31.4 Å². The van der Waals surface area contributed by atoms with Gasteiger partial charge in [-0.1, -0.05) is 30.3 Å². The van der Waals surface area contributed by atoms with Crippen LogP contribution in [0.4, 0.5) is 5.69 Å². The number of Topliss-reactive ketones (excluding diaryl/α,β-unsaturated/α-hetero) is 1. The van der Waals surface area contributed by atoms with E-state index >= 15 is 0 Å². The summed E-state index contributed by atoms with van der Waals surface area (Å²) in [6.07, 6.45) is 0. The van der Waals surface area contributed by atoms with Gasteiger partial charge in [0.15, 0.2) is 5.78 Å². The predicted molar refractivity (Wildman–Crippen MR) is 112 cm³/mol. The SMILES string of the molecule is COc1ccc2cc(CN(C)CC(=O)Nc3cccc(C(C)=O)c3)ccc2c1. The molecule has 0 aliphatic rings. The normalized spacial score (nSPS) is 10.9. The number of ether oxygens (including phenoxy) is 1. The molecule has 144 valence electrons. The highest BCUT2D eigenvalue weighted by Crippen LogP contribution is 2.22. The van der Waals surface area contributed by atoms with Crippen LogP contribution in [0, 0.1) is 0 Å². The van der Waals surface area contributed by atoms with Gasteiger partial charge in [0, 0.05) is 17.8 Å². The number of hydrogen-bond donors (Lipinski definition) is 1. The van der Waals surface area contributed by atoms with Crippen LogP contribution in [0.2, 0.25) is 0 Å². The average molecular weight is 376 g/mol. The van der Waals surface area contributed by atoms with Gasteiger partial charge in [0.1, 0.15) is 5.75 Å². The molecule has 1 amide bonds. The first-order valence-corrected chi connectivity index (χ1v) is 9.10. The summed E-state index contributed by atoms with van der Waals surface area (Å²) >= 11 is 0. The smallest absolute Gasteiger partial charge is 0.238 e. The van der Waals surface area contributed by atoms with Crippen LogP contribution < -0.4 is 10.1 Å². The van der Waals surface area contributed by atoms with Crippen molar-refractivity contribution < 1.29 is 14.3 Å². The Bertz CT molecular complexity index is 1010. The first-order chi connectivity index (χ1) is 13.4. The zero-order valence-electron chi connectivity index (χ0n) is 16.4. The van der Waals surface area contributed by atoms with E-state index < -0.39 is 0 Å². The van der Waals surface area contributed by atoms with E-state index in [0.29, 0.717) is 17.8 Å². The van der Waals surface area contributed by atoms with Crippen LogP contribution in [0.1, 0.15) is 22.8 Å². The Kier molecular flexibility index (Phi) is 6.06. The van der Waals surface area contributed by atoms with Gasteiger partial charge in [0.05, 0.1) is 13.7 Å². The van der Waals surface area contributed by atoms with Crippen LogP contribution in [0.5, 0.6) is 5.75 Å². The molecule has 0 saturated heterocycles. The Morgan fingerprint density at radius 1 is 1.00 bits per heavy atom. The number of amides is 1. The van der Waals surface area contributed by atoms with Crippen LogP contribution in [-0.2, 0) is 11.3 Å². The summed E-state index contributed by atoms with van der Waals surface area (Å²) in [5, 5.41) is 5.11. The minimum atomic E-state index is -0.117. The second-order valence-corrected chi connectivity index (χ2v) is 6.90. The summed E-state index contributed by atoms with van der Waals surface area (Å²) in [5.41, 5.74) is 2.34. The second kappa shape index (κ2) is 8.67. The summed E-state index contributed by atoms with van der Waals surface area (Å²) in [6, 6.07) is 19.2. The van der Waals surface area contributed by atoms with Crippen LogP contribution in [0.3, 0.4) is 0 Å². The number of methoxy groups -OCH3 is 1. The number of nitrogens with zero attached hydrogens (tertiary/aromatic N) is 1. The lowest BCUT2D eigenvalue weighted by Gasteiger charge is -2.17. The van der Waals surface area contributed by atoms with E-state index in [1.807, 2.05) is 30.1 Å². The number of carbonyl (C=O) groups excluding carboxylic acids is 2. The standard InChI is InChI=1S/C23H24N2O3/c1-16(26)18-5-4-6-21(12-18)24-23(27)15-25(2)14-17-7-8-20-13-22(28-3)10-9-19(20)11-17/h4-13H,14-15H2,1-3H3,(H,24,27). The van der Waals surface area contributed by atoms with E-state index in [1.165, 1.54) is 6.92 Å². The largest absolute Gasteiger partial charge is 0.497 e. The fourth-order valence-electron chi connectivity index (χ4n) is 3.13. The van der Waals surface area contributed by atoms with Gasteiger partial charge in [-0.15, -0.1) is 0 Å². The van der Waals surface area contributed by atoms with Crippen molar-refractivity contribution in [3.05, 3.63) is 71.8 Å². The molecule has 0 fully saturated rings. The molecule has 0 radical (unpaired) electrons. The van der Waals surface area contributed by atoms with Crippen molar-refractivity contribution >= 4 is 28.2 Å². The quantitative estimate of drug-likeness (QED) is 0.630. The maximum Gasteiger partial charge on any atom is 0.238 e. The van der Waals surface area contributed by atoms with Crippen LogP contribution in [-0.4, -0.2) is 37.3 Å². The molecule has 0 heterocycles. The molecule has 5 nitrogen and oxygen atoms in total. The van der Waals surface area contributed by atoms with Gasteiger partial charge in [-0.3, -0.25) is 14.5 Å². The molecule has 0 saturated carbocycles. The second-order valence-electron chi connectivity index (χ2n) is 6.90. The topological polar surface area (TPSA) is 58.6 Å². The summed E-state index contributed by atoms with van der Waals surface area (Å²) in [4.78, 5) is 25.7. The van der Waals surface area contributed by atoms with Crippen LogP contribution >= 0.6 is 0 Å². The van der Waals surface area contributed by atoms with Gasteiger partial charge in [0.25, 0.3) is 0 Å². The number of rotatable bonds is 7. The highest BCUT2D eigenvalue weighted by atomic mass is 16.5. The van der Waals surface area contributed by atoms with E-state index in [2.05, 4.69) is 23.5 Å². The summed E-state index contributed by atoms with van der Waals surface area (Å²) in [7, 11) is 3.57. The van der Waals surface area contributed by atoms with Gasteiger partial charge in [-0.05, 0) is 60.6 Å². The number of fused-ring (bicyclic) bond motifs is 1. The highest BCUT2D eigenvalue weighted by molar-refractivity contribution is 5.97. The third kappa shape index (κ3) is 4.96. The molecule has 1 N–H and O–H groups in total. The Morgan fingerprint density at radius 3 is 2.50 bits per heavy atom. The molecule has 0 aromatic heterocycles. The monoisotopic (exact) mass is 376 g/mol. The Morgan fingerprint density at radius 2 is 1.75 bits per heavy atom. The molecule has 0 aliphatic carbocycles. The van der Waals surface area contributed by atoms with Crippen molar-refractivity contribution in [2.75, 3.05) is 26.0 Å². The van der Waals surface area contributed by atoms with E-state index in [0.717, 1.165) is 22.1 Å². The zero-order valence-corrected chi connectivity index (χ0v) is 16.4. The number of anilines is 1. The fourth-order valence-corrected chi connectivity index (χ4v) is 3.13. The summed E-state index contributed by atoms with van der Waals surface area (Å²) in [5.74, 6) is 0.693. The Balaban J connectivity index is 1.61. The third-order valence-electron chi connectivity index (χ3n) is 4.53. The lowest BCUT2D eigenvalue weighted by molar-refractivity contribution is -0.117. The maximum absolute atomic E-state index is 12.3. The third-order valence-corrected chi connectivity index (χ3v) is 4.53. The van der Waals surface area contributed by atoms with Gasteiger partial charge in [-0.25, -0.2) is 0 Å². The lowest BCUT2D eigenvalue weighted by atomic mass is 10.1. The number of likely N-dealkylation sites (N-methyl/N-ethyl adjacent to an activating group) is 1. The number of benzene rings is 3. The van der Waals surface area contributed by atoms with Crippen molar-refractivity contribution in [2.24, 2.45) is 0 Å². The molecule has 3 aromatic carbocycles. The lowest BCUT2D eigenvalue weighted by Crippen LogP contribution is -2.29. The number of ketones is 1. The molecular weight excluding hydrogens is 352 g/mol. The van der Waals surface area contributed by atoms with Gasteiger partial charge < -0.3 is 10.1 Å². The number of hydrogen-bond acceptors (Lipinski definition) is 4. The number of carbonyl (C=O) groups is 2.